The number of hydrogen-bond donors (Lipinski definition) is 1. The van der Waals surface area contributed by atoms with E-state index in [4.69, 9.17) is 0 Å². The van der Waals surface area contributed by atoms with E-state index in [1.807, 2.05) is 47.7 Å². The molecule has 4 heteroatoms. The predicted molar refractivity (Wildman–Crippen MR) is 176 cm³/mol. The molecule has 233 valence electrons. The minimum Gasteiger partial charge on any atom is -0.512 e. The summed E-state index contributed by atoms with van der Waals surface area (Å²) >= 11 is 0. The normalized spacial score (nSPS) is 12.4. The van der Waals surface area contributed by atoms with Crippen LogP contribution in [0.1, 0.15) is 111 Å². The number of hydrogen-bond acceptors (Lipinski definition) is 3. The molecule has 3 rings (SSSR count). The minimum atomic E-state index is -0.337. The minimum absolute atomic E-state index is 0. The molecular weight excluding hydrogens is 695 g/mol. The Hall–Kier alpha value is -2.29. The van der Waals surface area contributed by atoms with Gasteiger partial charge in [0.25, 0.3) is 0 Å². The summed E-state index contributed by atoms with van der Waals surface area (Å²) in [5.74, 6) is 0.286. The number of carbonyl (C=O) groups is 1. The van der Waals surface area contributed by atoms with Crippen molar-refractivity contribution < 1.29 is 30.0 Å². The molecule has 1 aromatic heterocycles. The van der Waals surface area contributed by atoms with Crippen molar-refractivity contribution in [1.82, 2.24) is 4.98 Å². The van der Waals surface area contributed by atoms with Crippen molar-refractivity contribution >= 4 is 16.6 Å². The molecule has 0 bridgehead atoms. The number of benzene rings is 2. The van der Waals surface area contributed by atoms with E-state index in [0.29, 0.717) is 5.41 Å². The SMILES string of the molecule is CCC(C)(CC)C(=O)/C=C(\O)C(C)(CC)CC.Cc1[c-]c(-c2nccc3cc(CCC(C)(C)C)ccc23)cc(C)c1.[Ir]. The number of pyridine rings is 1. The van der Waals surface area contributed by atoms with E-state index >= 15 is 0 Å². The first-order valence-electron chi connectivity index (χ1n) is 15.5. The predicted octanol–water partition coefficient (Wildman–Crippen LogP) is 10.9. The summed E-state index contributed by atoms with van der Waals surface area (Å²) in [7, 11) is 0. The zero-order chi connectivity index (χ0) is 31.0. The van der Waals surface area contributed by atoms with E-state index in [0.717, 1.165) is 48.9 Å². The maximum Gasteiger partial charge on any atom is 0.164 e. The van der Waals surface area contributed by atoms with Crippen molar-refractivity contribution in [1.29, 1.82) is 0 Å². The Morgan fingerprint density at radius 3 is 2.00 bits per heavy atom. The molecule has 2 aromatic carbocycles. The number of ketones is 1. The van der Waals surface area contributed by atoms with Crippen molar-refractivity contribution in [3.63, 3.8) is 0 Å². The molecule has 0 aliphatic rings. The molecule has 0 amide bonds. The molecule has 3 aromatic rings. The van der Waals surface area contributed by atoms with Crippen molar-refractivity contribution in [2.24, 2.45) is 16.2 Å². The van der Waals surface area contributed by atoms with Crippen LogP contribution in [0.4, 0.5) is 0 Å². The fraction of sp³-hybridized carbons (Fsp3) is 0.526. The van der Waals surface area contributed by atoms with Crippen molar-refractivity contribution in [2.75, 3.05) is 0 Å². The number of allylic oxidation sites excluding steroid dienone is 2. The van der Waals surface area contributed by atoms with Gasteiger partial charge in [-0.25, -0.2) is 0 Å². The number of nitrogens with zero attached hydrogens (tertiary/aromatic N) is 1. The van der Waals surface area contributed by atoms with Gasteiger partial charge in [-0.15, -0.1) is 34.9 Å². The molecule has 0 spiro atoms. The van der Waals surface area contributed by atoms with E-state index < -0.39 is 0 Å². The summed E-state index contributed by atoms with van der Waals surface area (Å²) in [6, 6.07) is 16.7. The van der Waals surface area contributed by atoms with Gasteiger partial charge in [0.2, 0.25) is 0 Å². The number of aliphatic hydroxyl groups is 1. The number of aliphatic hydroxyl groups excluding tert-OH is 1. The van der Waals surface area contributed by atoms with Gasteiger partial charge in [-0.1, -0.05) is 94.4 Å². The Bertz CT molecular complexity index is 1320. The smallest absolute Gasteiger partial charge is 0.164 e. The van der Waals surface area contributed by atoms with Gasteiger partial charge in [0, 0.05) is 43.2 Å². The molecule has 0 saturated heterocycles. The first kappa shape index (κ1) is 37.7. The van der Waals surface area contributed by atoms with Crippen LogP contribution in [0.25, 0.3) is 22.0 Å². The fourth-order valence-corrected chi connectivity index (χ4v) is 4.82. The Balaban J connectivity index is 0.000000438. The van der Waals surface area contributed by atoms with E-state index in [1.165, 1.54) is 34.4 Å². The molecule has 1 heterocycles. The summed E-state index contributed by atoms with van der Waals surface area (Å²) in [4.78, 5) is 16.8. The molecule has 3 nitrogen and oxygen atoms in total. The van der Waals surface area contributed by atoms with Gasteiger partial charge in [-0.3, -0.25) is 4.79 Å². The topological polar surface area (TPSA) is 50.2 Å². The molecule has 1 radical (unpaired) electrons. The molecular formula is C38H54IrNO2-. The second-order valence-corrected chi connectivity index (χ2v) is 13.5. The van der Waals surface area contributed by atoms with E-state index in [-0.39, 0.29) is 42.5 Å². The van der Waals surface area contributed by atoms with Crippen molar-refractivity contribution in [2.45, 2.75) is 115 Å². The number of aryl methyl sites for hydroxylation is 3. The van der Waals surface area contributed by atoms with Gasteiger partial charge < -0.3 is 10.1 Å². The summed E-state index contributed by atoms with van der Waals surface area (Å²) in [5, 5.41) is 12.6. The van der Waals surface area contributed by atoms with Crippen LogP contribution in [0.3, 0.4) is 0 Å². The van der Waals surface area contributed by atoms with Crippen LogP contribution in [-0.2, 0) is 31.3 Å². The molecule has 0 aliphatic heterocycles. The summed E-state index contributed by atoms with van der Waals surface area (Å²) in [5.41, 5.74) is 5.69. The maximum atomic E-state index is 12.2. The van der Waals surface area contributed by atoms with Crippen LogP contribution in [-0.4, -0.2) is 15.9 Å². The van der Waals surface area contributed by atoms with E-state index in [2.05, 4.69) is 82.1 Å². The standard InChI is InChI=1S/C23H26N.C15H28O2.Ir/c1-16-12-17(2)14-20(13-16)22-21-7-6-18(8-10-23(3,4)5)15-19(21)9-11-24-22;1-7-14(5,8-2)12(16)11-13(17)15(6,9-3)10-4;/h6-7,9,11-13,15H,8,10H2,1-5H3;11,16H,7-10H2,1-6H3;/q-1;;/b;12-11-;. The number of aromatic nitrogens is 1. The summed E-state index contributed by atoms with van der Waals surface area (Å²) in [6.45, 7) is 23.2. The molecule has 0 fully saturated rings. The monoisotopic (exact) mass is 749 g/mol. The number of rotatable bonds is 10. The quantitative estimate of drug-likeness (QED) is 0.128. The molecule has 0 atom stereocenters. The van der Waals surface area contributed by atoms with Crippen molar-refractivity contribution in [3.8, 4) is 11.3 Å². The largest absolute Gasteiger partial charge is 0.512 e. The second-order valence-electron chi connectivity index (χ2n) is 13.5. The van der Waals surface area contributed by atoms with Crippen LogP contribution in [0.15, 0.2) is 54.4 Å². The van der Waals surface area contributed by atoms with Crippen LogP contribution in [0.2, 0.25) is 0 Å². The Morgan fingerprint density at radius 2 is 1.48 bits per heavy atom. The zero-order valence-electron chi connectivity index (χ0n) is 28.0. The molecule has 0 saturated carbocycles. The van der Waals surface area contributed by atoms with Crippen LogP contribution >= 0.6 is 0 Å². The third-order valence-corrected chi connectivity index (χ3v) is 9.00. The summed E-state index contributed by atoms with van der Waals surface area (Å²) in [6.07, 6.45) is 8.98. The molecule has 1 N–H and O–H groups in total. The Labute approximate surface area is 270 Å². The molecule has 0 aliphatic carbocycles. The second kappa shape index (κ2) is 16.0. The first-order chi connectivity index (χ1) is 19.1. The van der Waals surface area contributed by atoms with Gasteiger partial charge in [0.1, 0.15) is 5.76 Å². The average molecular weight is 749 g/mol. The number of fused-ring (bicyclic) bond motifs is 1. The van der Waals surface area contributed by atoms with Gasteiger partial charge >= 0.3 is 0 Å². The number of carbonyl (C=O) groups excluding carboxylic acids is 1. The zero-order valence-corrected chi connectivity index (χ0v) is 30.4. The summed E-state index contributed by atoms with van der Waals surface area (Å²) < 4.78 is 0. The van der Waals surface area contributed by atoms with E-state index in [1.54, 1.807) is 0 Å². The Morgan fingerprint density at radius 1 is 0.881 bits per heavy atom. The van der Waals surface area contributed by atoms with Gasteiger partial charge in [0.05, 0.1) is 0 Å². The van der Waals surface area contributed by atoms with Crippen molar-refractivity contribution in [3.05, 3.63) is 77.2 Å². The third kappa shape index (κ3) is 10.2. The molecule has 0 unspecified atom stereocenters. The molecule has 42 heavy (non-hydrogen) atoms. The average Bonchev–Trinajstić information content (AvgIpc) is 2.94. The fourth-order valence-electron chi connectivity index (χ4n) is 4.82. The maximum absolute atomic E-state index is 12.2. The van der Waals surface area contributed by atoms with Crippen LogP contribution in [0, 0.1) is 36.2 Å². The third-order valence-electron chi connectivity index (χ3n) is 9.00. The first-order valence-corrected chi connectivity index (χ1v) is 15.5. The van der Waals surface area contributed by atoms with Gasteiger partial charge in [-0.2, -0.15) is 0 Å². The Kier molecular flexibility index (Phi) is 14.3. The van der Waals surface area contributed by atoms with Gasteiger partial charge in [-0.05, 0) is 72.0 Å². The van der Waals surface area contributed by atoms with Crippen LogP contribution in [0.5, 0.6) is 0 Å². The van der Waals surface area contributed by atoms with E-state index in [9.17, 15) is 9.90 Å². The van der Waals surface area contributed by atoms with Gasteiger partial charge in [0.15, 0.2) is 5.78 Å². The van der Waals surface area contributed by atoms with Crippen LogP contribution < -0.4 is 0 Å².